The van der Waals surface area contributed by atoms with Crippen LogP contribution in [0.25, 0.3) is 0 Å². The van der Waals surface area contributed by atoms with Gasteiger partial charge >= 0.3 is 0 Å². The lowest BCUT2D eigenvalue weighted by molar-refractivity contribution is 0.513. The third-order valence-electron chi connectivity index (χ3n) is 5.58. The summed E-state index contributed by atoms with van der Waals surface area (Å²) in [7, 11) is 0. The summed E-state index contributed by atoms with van der Waals surface area (Å²) in [5, 5.41) is 8.75. The second-order valence-corrected chi connectivity index (χ2v) is 8.28. The molecule has 0 saturated heterocycles. The Morgan fingerprint density at radius 3 is 1.59 bits per heavy atom. The Morgan fingerprint density at radius 2 is 1.19 bits per heavy atom. The van der Waals surface area contributed by atoms with E-state index in [1.807, 2.05) is 19.4 Å². The third-order valence-corrected chi connectivity index (χ3v) is 5.58. The standard InChI is InChI=1S/C24H43N3/c1-24(22-25)18-16-14-12-10-8-6-4-2-3-5-7-9-11-13-15-17-20-27-21-19-26-23-27/h19,21,23-24H,2-18,20H2,1H3. The minimum absolute atomic E-state index is 0.248. The molecule has 0 amide bonds. The molecule has 0 saturated carbocycles. The largest absolute Gasteiger partial charge is 0.337 e. The molecule has 154 valence electrons. The lowest BCUT2D eigenvalue weighted by Gasteiger charge is -2.04. The van der Waals surface area contributed by atoms with Gasteiger partial charge in [0.2, 0.25) is 0 Å². The van der Waals surface area contributed by atoms with Gasteiger partial charge in [-0.15, -0.1) is 0 Å². The van der Waals surface area contributed by atoms with E-state index in [1.54, 1.807) is 0 Å². The average Bonchev–Trinajstić information content (AvgIpc) is 3.20. The lowest BCUT2D eigenvalue weighted by Crippen LogP contribution is -1.93. The van der Waals surface area contributed by atoms with E-state index in [4.69, 9.17) is 5.26 Å². The van der Waals surface area contributed by atoms with Gasteiger partial charge in [-0.1, -0.05) is 96.3 Å². The van der Waals surface area contributed by atoms with E-state index in [1.165, 1.54) is 103 Å². The third kappa shape index (κ3) is 15.5. The summed E-state index contributed by atoms with van der Waals surface area (Å²) in [5.74, 6) is 0.248. The molecule has 3 heteroatoms. The van der Waals surface area contributed by atoms with E-state index < -0.39 is 0 Å². The smallest absolute Gasteiger partial charge is 0.0945 e. The molecule has 0 fully saturated rings. The number of hydrogen-bond donors (Lipinski definition) is 0. The zero-order valence-corrected chi connectivity index (χ0v) is 17.9. The molecule has 0 radical (unpaired) electrons. The second kappa shape index (κ2) is 18.1. The number of imidazole rings is 1. The molecule has 1 atom stereocenters. The van der Waals surface area contributed by atoms with Gasteiger partial charge in [-0.2, -0.15) is 5.26 Å². The Labute approximate surface area is 168 Å². The minimum atomic E-state index is 0.248. The molecular weight excluding hydrogens is 330 g/mol. The Hall–Kier alpha value is -1.30. The van der Waals surface area contributed by atoms with E-state index in [0.717, 1.165) is 13.0 Å². The summed E-state index contributed by atoms with van der Waals surface area (Å²) in [6, 6.07) is 2.32. The average molecular weight is 374 g/mol. The van der Waals surface area contributed by atoms with Crippen LogP contribution in [0.1, 0.15) is 116 Å². The fourth-order valence-corrected chi connectivity index (χ4v) is 3.70. The van der Waals surface area contributed by atoms with Crippen LogP contribution in [0.15, 0.2) is 18.7 Å². The fraction of sp³-hybridized carbons (Fsp3) is 0.833. The van der Waals surface area contributed by atoms with Crippen molar-refractivity contribution in [2.45, 2.75) is 123 Å². The monoisotopic (exact) mass is 373 g/mol. The predicted molar refractivity (Wildman–Crippen MR) is 115 cm³/mol. The highest BCUT2D eigenvalue weighted by Crippen LogP contribution is 2.15. The minimum Gasteiger partial charge on any atom is -0.337 e. The Bertz CT molecular complexity index is 447. The Kier molecular flexibility index (Phi) is 15.9. The summed E-state index contributed by atoms with van der Waals surface area (Å²) < 4.78 is 2.18. The van der Waals surface area contributed by atoms with Gasteiger partial charge in [0.25, 0.3) is 0 Å². The van der Waals surface area contributed by atoms with Crippen LogP contribution < -0.4 is 0 Å². The molecular formula is C24H43N3. The van der Waals surface area contributed by atoms with Gasteiger partial charge in [0.1, 0.15) is 0 Å². The topological polar surface area (TPSA) is 41.6 Å². The van der Waals surface area contributed by atoms with Crippen molar-refractivity contribution < 1.29 is 0 Å². The molecule has 0 aliphatic heterocycles. The van der Waals surface area contributed by atoms with E-state index >= 15 is 0 Å². The van der Waals surface area contributed by atoms with Crippen LogP contribution in [0.3, 0.4) is 0 Å². The van der Waals surface area contributed by atoms with Crippen LogP contribution >= 0.6 is 0 Å². The van der Waals surface area contributed by atoms with Crippen molar-refractivity contribution in [2.24, 2.45) is 5.92 Å². The first-order chi connectivity index (χ1) is 13.3. The quantitative estimate of drug-likeness (QED) is 0.233. The zero-order chi connectivity index (χ0) is 19.4. The summed E-state index contributed by atoms with van der Waals surface area (Å²) in [6.07, 6.45) is 29.1. The molecule has 27 heavy (non-hydrogen) atoms. The number of nitrogens with zero attached hydrogens (tertiary/aromatic N) is 3. The van der Waals surface area contributed by atoms with Gasteiger partial charge in [0.05, 0.1) is 12.4 Å². The summed E-state index contributed by atoms with van der Waals surface area (Å²) in [4.78, 5) is 4.08. The van der Waals surface area contributed by atoms with Crippen LogP contribution in [0.5, 0.6) is 0 Å². The fourth-order valence-electron chi connectivity index (χ4n) is 3.70. The number of unbranched alkanes of at least 4 members (excludes halogenated alkanes) is 15. The van der Waals surface area contributed by atoms with Crippen molar-refractivity contribution in [2.75, 3.05) is 0 Å². The maximum atomic E-state index is 8.75. The highest BCUT2D eigenvalue weighted by molar-refractivity contribution is 4.77. The lowest BCUT2D eigenvalue weighted by atomic mass is 10.0. The number of hydrogen-bond acceptors (Lipinski definition) is 2. The van der Waals surface area contributed by atoms with E-state index in [0.29, 0.717) is 0 Å². The van der Waals surface area contributed by atoms with Gasteiger partial charge < -0.3 is 4.57 Å². The first-order valence-corrected chi connectivity index (χ1v) is 11.7. The molecule has 1 rings (SSSR count). The van der Waals surface area contributed by atoms with Crippen LogP contribution in [-0.4, -0.2) is 9.55 Å². The maximum Gasteiger partial charge on any atom is 0.0945 e. The maximum absolute atomic E-state index is 8.75. The van der Waals surface area contributed by atoms with Crippen LogP contribution in [0.2, 0.25) is 0 Å². The van der Waals surface area contributed by atoms with Gasteiger partial charge in [-0.25, -0.2) is 4.98 Å². The SMILES string of the molecule is CC(C#N)CCCCCCCCCCCCCCCCCCn1ccnc1. The normalized spacial score (nSPS) is 12.1. The molecule has 0 aliphatic carbocycles. The number of aromatic nitrogens is 2. The molecule has 0 aromatic carbocycles. The number of nitriles is 1. The van der Waals surface area contributed by atoms with Gasteiger partial charge in [0.15, 0.2) is 0 Å². The highest BCUT2D eigenvalue weighted by Gasteiger charge is 1.99. The van der Waals surface area contributed by atoms with Crippen LogP contribution in [0.4, 0.5) is 0 Å². The predicted octanol–water partition coefficient (Wildman–Crippen LogP) is 7.67. The highest BCUT2D eigenvalue weighted by atomic mass is 15.0. The molecule has 1 aromatic rings. The van der Waals surface area contributed by atoms with Gasteiger partial charge in [-0.3, -0.25) is 0 Å². The van der Waals surface area contributed by atoms with Crippen molar-refractivity contribution >= 4 is 0 Å². The molecule has 0 bridgehead atoms. The van der Waals surface area contributed by atoms with Crippen LogP contribution in [-0.2, 0) is 6.54 Å². The van der Waals surface area contributed by atoms with Crippen molar-refractivity contribution in [3.05, 3.63) is 18.7 Å². The Balaban J connectivity index is 1.67. The van der Waals surface area contributed by atoms with Crippen LogP contribution in [0, 0.1) is 17.2 Å². The molecule has 3 nitrogen and oxygen atoms in total. The van der Waals surface area contributed by atoms with Crippen molar-refractivity contribution in [3.8, 4) is 6.07 Å². The van der Waals surface area contributed by atoms with E-state index in [2.05, 4.69) is 21.8 Å². The van der Waals surface area contributed by atoms with Crippen molar-refractivity contribution in [3.63, 3.8) is 0 Å². The van der Waals surface area contributed by atoms with E-state index in [9.17, 15) is 0 Å². The van der Waals surface area contributed by atoms with Crippen molar-refractivity contribution in [1.82, 2.24) is 9.55 Å². The summed E-state index contributed by atoms with van der Waals surface area (Å²) >= 11 is 0. The number of aryl methyl sites for hydroxylation is 1. The number of rotatable bonds is 19. The zero-order valence-electron chi connectivity index (χ0n) is 17.9. The molecule has 1 aromatic heterocycles. The molecule has 0 N–H and O–H groups in total. The first kappa shape index (κ1) is 23.7. The first-order valence-electron chi connectivity index (χ1n) is 11.7. The molecule has 1 heterocycles. The molecule has 1 unspecified atom stereocenters. The molecule has 0 spiro atoms. The summed E-state index contributed by atoms with van der Waals surface area (Å²) in [5.41, 5.74) is 0. The van der Waals surface area contributed by atoms with Gasteiger partial charge in [0, 0.05) is 24.9 Å². The van der Waals surface area contributed by atoms with Crippen molar-refractivity contribution in [1.29, 1.82) is 5.26 Å². The second-order valence-electron chi connectivity index (χ2n) is 8.28. The van der Waals surface area contributed by atoms with E-state index in [-0.39, 0.29) is 5.92 Å². The summed E-state index contributed by atoms with van der Waals surface area (Å²) in [6.45, 7) is 3.16. The molecule has 0 aliphatic rings. The van der Waals surface area contributed by atoms with Gasteiger partial charge in [-0.05, 0) is 19.8 Å². The Morgan fingerprint density at radius 1 is 0.741 bits per heavy atom.